The van der Waals surface area contributed by atoms with Crippen LogP contribution in [0.1, 0.15) is 31.4 Å². The zero-order chi connectivity index (χ0) is 24.6. The number of sulfonamides is 1. The summed E-state index contributed by atoms with van der Waals surface area (Å²) in [7, 11) is -3.82. The molecule has 9 nitrogen and oxygen atoms in total. The maximum absolute atomic E-state index is 12.5. The molecule has 2 heterocycles. The van der Waals surface area contributed by atoms with Crippen LogP contribution in [0.25, 0.3) is 0 Å². The van der Waals surface area contributed by atoms with Crippen LogP contribution in [0.5, 0.6) is 5.75 Å². The van der Waals surface area contributed by atoms with Gasteiger partial charge in [0, 0.05) is 25.2 Å². The van der Waals surface area contributed by atoms with Crippen molar-refractivity contribution in [1.82, 2.24) is 10.1 Å². The van der Waals surface area contributed by atoms with E-state index in [1.165, 1.54) is 30.0 Å². The van der Waals surface area contributed by atoms with Crippen LogP contribution in [0.2, 0.25) is 5.02 Å². The van der Waals surface area contributed by atoms with Gasteiger partial charge in [-0.2, -0.15) is 0 Å². The first-order valence-electron chi connectivity index (χ1n) is 10.6. The Kier molecular flexibility index (Phi) is 8.91. The molecule has 1 aliphatic rings. The van der Waals surface area contributed by atoms with E-state index >= 15 is 0 Å². The molecule has 0 saturated carbocycles. The summed E-state index contributed by atoms with van der Waals surface area (Å²) in [5.41, 5.74) is 1.31. The van der Waals surface area contributed by atoms with E-state index in [2.05, 4.69) is 50.5 Å². The first kappa shape index (κ1) is 25.5. The Balaban J connectivity index is 0.00000103. The van der Waals surface area contributed by atoms with E-state index in [0.29, 0.717) is 11.8 Å². The lowest BCUT2D eigenvalue weighted by Crippen LogP contribution is -2.39. The maximum Gasteiger partial charge on any atom is 0.290 e. The largest absolute Gasteiger partial charge is 0.489 e. The molecule has 4 rings (SSSR count). The highest BCUT2D eigenvalue weighted by Crippen LogP contribution is 2.31. The third-order valence-corrected chi connectivity index (χ3v) is 7.14. The highest BCUT2D eigenvalue weighted by Gasteiger charge is 2.25. The van der Waals surface area contributed by atoms with Crippen LogP contribution < -0.4 is 9.46 Å². The minimum atomic E-state index is -3.82. The van der Waals surface area contributed by atoms with E-state index in [9.17, 15) is 8.42 Å². The van der Waals surface area contributed by atoms with E-state index in [-0.39, 0.29) is 28.3 Å². The van der Waals surface area contributed by atoms with Crippen LogP contribution in [0, 0.1) is 0 Å². The quantitative estimate of drug-likeness (QED) is 0.450. The van der Waals surface area contributed by atoms with Gasteiger partial charge >= 0.3 is 0 Å². The van der Waals surface area contributed by atoms with Gasteiger partial charge in [-0.25, -0.2) is 8.42 Å². The molecule has 1 aliphatic heterocycles. The van der Waals surface area contributed by atoms with Gasteiger partial charge in [0.1, 0.15) is 18.1 Å². The lowest BCUT2D eigenvalue weighted by molar-refractivity contribution is -0.122. The minimum Gasteiger partial charge on any atom is -0.489 e. The van der Waals surface area contributed by atoms with Crippen molar-refractivity contribution in [2.45, 2.75) is 36.8 Å². The van der Waals surface area contributed by atoms with Crippen LogP contribution in [-0.4, -0.2) is 49.2 Å². The average Bonchev–Trinajstić information content (AvgIpc) is 3.34. The van der Waals surface area contributed by atoms with Crippen molar-refractivity contribution in [2.24, 2.45) is 0 Å². The predicted molar refractivity (Wildman–Crippen MR) is 128 cm³/mol. The smallest absolute Gasteiger partial charge is 0.290 e. The molecule has 1 saturated heterocycles. The lowest BCUT2D eigenvalue weighted by atomic mass is 10.0. The number of hydrogen-bond donors (Lipinski definition) is 2. The fraction of sp³-hybridized carbons (Fsp3) is 0.304. The molecule has 1 aromatic heterocycles. The molecule has 1 atom stereocenters. The molecule has 0 spiro atoms. The summed E-state index contributed by atoms with van der Waals surface area (Å²) in [5.74, 6) is 0.588. The molecule has 1 fully saturated rings. The Morgan fingerprint density at radius 3 is 2.47 bits per heavy atom. The summed E-state index contributed by atoms with van der Waals surface area (Å²) in [6.45, 7) is 3.82. The van der Waals surface area contributed by atoms with E-state index in [1.807, 2.05) is 6.07 Å². The Hall–Kier alpha value is -3.08. The van der Waals surface area contributed by atoms with Crippen molar-refractivity contribution in [1.29, 1.82) is 0 Å². The Bertz CT molecular complexity index is 1150. The summed E-state index contributed by atoms with van der Waals surface area (Å²) < 4.78 is 38.0. The van der Waals surface area contributed by atoms with Crippen LogP contribution in [0.4, 0.5) is 5.82 Å². The SMILES string of the molecule is C[C@H](c1ccccc1)N1CCC(Oc2ccc(S(=O)(=O)Nc3ccon3)cc2Cl)CC1.O=CO. The zero-order valence-corrected chi connectivity index (χ0v) is 20.1. The van der Waals surface area contributed by atoms with Crippen molar-refractivity contribution < 1.29 is 27.6 Å². The molecule has 2 N–H and O–H groups in total. The fourth-order valence-corrected chi connectivity index (χ4v) is 5.02. The summed E-state index contributed by atoms with van der Waals surface area (Å²) in [6.07, 6.45) is 3.07. The van der Waals surface area contributed by atoms with Crippen LogP contribution in [-0.2, 0) is 14.8 Å². The second kappa shape index (κ2) is 11.9. The number of carboxylic acid groups (broad SMARTS) is 1. The first-order valence-corrected chi connectivity index (χ1v) is 12.5. The van der Waals surface area contributed by atoms with Gasteiger partial charge in [0.05, 0.1) is 9.92 Å². The van der Waals surface area contributed by atoms with E-state index < -0.39 is 10.0 Å². The molecule has 0 amide bonds. The van der Waals surface area contributed by atoms with Gasteiger partial charge in [0.15, 0.2) is 5.82 Å². The second-order valence-electron chi connectivity index (χ2n) is 7.63. The summed E-state index contributed by atoms with van der Waals surface area (Å²) in [4.78, 5) is 10.8. The second-order valence-corrected chi connectivity index (χ2v) is 9.72. The first-order chi connectivity index (χ1) is 16.3. The molecule has 182 valence electrons. The topological polar surface area (TPSA) is 122 Å². The standard InChI is InChI=1S/C22H24ClN3O4S.CH2O2/c1-16(17-5-3-2-4-6-17)26-12-9-18(10-13-26)30-21-8-7-19(15-20(21)23)31(27,28)25-22-11-14-29-24-22;2-1-3/h2-8,11,14-16,18H,9-10,12-13H2,1H3,(H,24,25);1H,(H,2,3)/t16-;/m1./s1. The van der Waals surface area contributed by atoms with Gasteiger partial charge in [-0.3, -0.25) is 14.4 Å². The number of carbonyl (C=O) groups is 1. The highest BCUT2D eigenvalue weighted by molar-refractivity contribution is 7.92. The predicted octanol–water partition coefficient (Wildman–Crippen LogP) is 4.43. The van der Waals surface area contributed by atoms with Gasteiger partial charge in [0.25, 0.3) is 16.5 Å². The lowest BCUT2D eigenvalue weighted by Gasteiger charge is -2.36. The number of nitrogens with zero attached hydrogens (tertiary/aromatic N) is 2. The van der Waals surface area contributed by atoms with Crippen molar-refractivity contribution in [2.75, 3.05) is 17.8 Å². The number of nitrogens with one attached hydrogen (secondary N) is 1. The Morgan fingerprint density at radius 1 is 1.21 bits per heavy atom. The van der Waals surface area contributed by atoms with Gasteiger partial charge in [-0.05, 0) is 43.5 Å². The third kappa shape index (κ3) is 6.72. The number of hydrogen-bond acceptors (Lipinski definition) is 7. The third-order valence-electron chi connectivity index (χ3n) is 5.49. The van der Waals surface area contributed by atoms with Gasteiger partial charge < -0.3 is 14.4 Å². The molecule has 0 bridgehead atoms. The number of piperidine rings is 1. The molecule has 34 heavy (non-hydrogen) atoms. The minimum absolute atomic E-state index is 0.0272. The number of likely N-dealkylation sites (tertiary alicyclic amines) is 1. The fourth-order valence-electron chi connectivity index (χ4n) is 3.71. The van der Waals surface area contributed by atoms with E-state index in [0.717, 1.165) is 25.9 Å². The van der Waals surface area contributed by atoms with Crippen molar-refractivity contribution in [3.8, 4) is 5.75 Å². The van der Waals surface area contributed by atoms with Gasteiger partial charge in [-0.15, -0.1) is 0 Å². The molecule has 11 heteroatoms. The van der Waals surface area contributed by atoms with Crippen LogP contribution in [0.15, 0.2) is 70.3 Å². The number of ether oxygens (including phenoxy) is 1. The highest BCUT2D eigenvalue weighted by atomic mass is 35.5. The monoisotopic (exact) mass is 507 g/mol. The Labute approximate surface area is 203 Å². The van der Waals surface area contributed by atoms with E-state index in [1.54, 1.807) is 6.07 Å². The van der Waals surface area contributed by atoms with Crippen molar-refractivity contribution in [3.63, 3.8) is 0 Å². The van der Waals surface area contributed by atoms with E-state index in [4.69, 9.17) is 26.2 Å². The van der Waals surface area contributed by atoms with Gasteiger partial charge in [0.2, 0.25) is 0 Å². The van der Waals surface area contributed by atoms with Crippen molar-refractivity contribution >= 4 is 33.9 Å². The Morgan fingerprint density at radius 2 is 1.88 bits per heavy atom. The summed E-state index contributed by atoms with van der Waals surface area (Å²) >= 11 is 6.33. The molecule has 3 aromatic rings. The molecular formula is C23H26ClN3O6S. The number of anilines is 1. The zero-order valence-electron chi connectivity index (χ0n) is 18.5. The van der Waals surface area contributed by atoms with Gasteiger partial charge in [-0.1, -0.05) is 47.1 Å². The maximum atomic E-state index is 12.5. The number of benzene rings is 2. The van der Waals surface area contributed by atoms with Crippen LogP contribution in [0.3, 0.4) is 0 Å². The normalized spacial score (nSPS) is 15.6. The summed E-state index contributed by atoms with van der Waals surface area (Å²) in [6, 6.07) is 16.7. The molecule has 0 radical (unpaired) electrons. The number of rotatable bonds is 7. The van der Waals surface area contributed by atoms with Crippen molar-refractivity contribution in [3.05, 3.63) is 71.4 Å². The summed E-state index contributed by atoms with van der Waals surface area (Å²) in [5, 5.41) is 10.7. The van der Waals surface area contributed by atoms with Crippen LogP contribution >= 0.6 is 11.6 Å². The number of halogens is 1. The number of aromatic nitrogens is 1. The molecule has 2 aromatic carbocycles. The molecule has 0 unspecified atom stereocenters. The molecular weight excluding hydrogens is 482 g/mol. The molecule has 0 aliphatic carbocycles. The average molecular weight is 508 g/mol.